The minimum atomic E-state index is -0.528. The molecule has 90 valence electrons. The lowest BCUT2D eigenvalue weighted by Gasteiger charge is -2.45. The summed E-state index contributed by atoms with van der Waals surface area (Å²) in [7, 11) is 0. The van der Waals surface area contributed by atoms with Gasteiger partial charge in [0.2, 0.25) is 0 Å². The molecule has 2 unspecified atom stereocenters. The molecule has 5 heteroatoms. The summed E-state index contributed by atoms with van der Waals surface area (Å²) in [5.41, 5.74) is 1.06. The van der Waals surface area contributed by atoms with E-state index in [-0.39, 0.29) is 11.2 Å². The Morgan fingerprint density at radius 1 is 1.35 bits per heavy atom. The van der Waals surface area contributed by atoms with Crippen LogP contribution in [0.1, 0.15) is 18.4 Å². The lowest BCUT2D eigenvalue weighted by Crippen LogP contribution is -2.57. The van der Waals surface area contributed by atoms with Crippen LogP contribution >= 0.6 is 12.6 Å². The topological polar surface area (TPSA) is 46.6 Å². The van der Waals surface area contributed by atoms with Crippen LogP contribution in [0, 0.1) is 0 Å². The SMILES string of the molecule is CC(=O)OC1C(c2ccccc2)CN1C(=O)S. The van der Waals surface area contributed by atoms with Crippen LogP contribution in [0.15, 0.2) is 30.3 Å². The molecule has 0 aromatic heterocycles. The van der Waals surface area contributed by atoms with Crippen molar-refractivity contribution in [3.05, 3.63) is 35.9 Å². The average Bonchev–Trinajstić information content (AvgIpc) is 2.25. The maximum absolute atomic E-state index is 11.2. The van der Waals surface area contributed by atoms with Gasteiger partial charge in [-0.1, -0.05) is 43.0 Å². The van der Waals surface area contributed by atoms with Crippen molar-refractivity contribution in [3.8, 4) is 0 Å². The van der Waals surface area contributed by atoms with Crippen molar-refractivity contribution in [2.75, 3.05) is 6.54 Å². The molecule has 0 N–H and O–H groups in total. The molecule has 17 heavy (non-hydrogen) atoms. The monoisotopic (exact) mass is 251 g/mol. The molecule has 1 aromatic carbocycles. The van der Waals surface area contributed by atoms with Gasteiger partial charge in [-0.05, 0) is 5.56 Å². The second kappa shape index (κ2) is 4.79. The van der Waals surface area contributed by atoms with Gasteiger partial charge in [0, 0.05) is 13.5 Å². The van der Waals surface area contributed by atoms with Gasteiger partial charge in [0.05, 0.1) is 5.92 Å². The van der Waals surface area contributed by atoms with E-state index in [1.807, 2.05) is 30.3 Å². The molecule has 2 rings (SSSR count). The van der Waals surface area contributed by atoms with Gasteiger partial charge in [0.25, 0.3) is 5.24 Å². The van der Waals surface area contributed by atoms with Crippen LogP contribution in [0.5, 0.6) is 0 Å². The highest BCUT2D eigenvalue weighted by atomic mass is 32.1. The average molecular weight is 251 g/mol. The summed E-state index contributed by atoms with van der Waals surface area (Å²) >= 11 is 3.75. The minimum absolute atomic E-state index is 0.0381. The summed E-state index contributed by atoms with van der Waals surface area (Å²) in [6.45, 7) is 1.87. The molecular weight excluding hydrogens is 238 g/mol. The van der Waals surface area contributed by atoms with Gasteiger partial charge >= 0.3 is 5.97 Å². The Morgan fingerprint density at radius 3 is 2.53 bits per heavy atom. The van der Waals surface area contributed by atoms with Crippen LogP contribution in [-0.2, 0) is 9.53 Å². The molecule has 1 amide bonds. The molecule has 1 fully saturated rings. The quantitative estimate of drug-likeness (QED) is 0.646. The molecule has 4 nitrogen and oxygen atoms in total. The Labute approximate surface area is 105 Å². The van der Waals surface area contributed by atoms with E-state index >= 15 is 0 Å². The third kappa shape index (κ3) is 2.44. The number of esters is 1. The summed E-state index contributed by atoms with van der Waals surface area (Å²) in [6, 6.07) is 9.68. The smallest absolute Gasteiger partial charge is 0.304 e. The van der Waals surface area contributed by atoms with E-state index in [1.54, 1.807) is 0 Å². The first-order valence-corrected chi connectivity index (χ1v) is 5.76. The first kappa shape index (κ1) is 12.0. The number of benzene rings is 1. The lowest BCUT2D eigenvalue weighted by molar-refractivity contribution is -0.166. The Balaban J connectivity index is 2.15. The fourth-order valence-electron chi connectivity index (χ4n) is 1.96. The van der Waals surface area contributed by atoms with Gasteiger partial charge in [0.15, 0.2) is 6.23 Å². The summed E-state index contributed by atoms with van der Waals surface area (Å²) < 4.78 is 5.14. The highest BCUT2D eigenvalue weighted by Gasteiger charge is 2.44. The van der Waals surface area contributed by atoms with E-state index in [1.165, 1.54) is 11.8 Å². The Bertz CT molecular complexity index is 435. The predicted octanol–water partition coefficient (Wildman–Crippen LogP) is 2.02. The van der Waals surface area contributed by atoms with E-state index in [4.69, 9.17) is 4.74 Å². The van der Waals surface area contributed by atoms with Crippen LogP contribution < -0.4 is 0 Å². The highest BCUT2D eigenvalue weighted by molar-refractivity contribution is 7.96. The standard InChI is InChI=1S/C12H13NO3S/c1-8(14)16-11-10(7-13(11)12(15)17)9-5-3-2-4-6-9/h2-6,10-11H,7H2,1H3,(H,15,17). The molecule has 1 aliphatic heterocycles. The number of rotatable bonds is 2. The lowest BCUT2D eigenvalue weighted by atomic mass is 9.89. The van der Waals surface area contributed by atoms with Gasteiger partial charge in [-0.3, -0.25) is 14.5 Å². The number of hydrogen-bond acceptors (Lipinski definition) is 3. The van der Waals surface area contributed by atoms with Crippen molar-refractivity contribution in [2.24, 2.45) is 0 Å². The van der Waals surface area contributed by atoms with E-state index in [0.29, 0.717) is 6.54 Å². The number of hydrogen-bond donors (Lipinski definition) is 1. The first-order chi connectivity index (χ1) is 8.09. The normalized spacial score (nSPS) is 22.8. The highest BCUT2D eigenvalue weighted by Crippen LogP contribution is 2.35. The largest absolute Gasteiger partial charge is 0.441 e. The van der Waals surface area contributed by atoms with Crippen LogP contribution in [0.3, 0.4) is 0 Å². The van der Waals surface area contributed by atoms with E-state index < -0.39 is 12.2 Å². The van der Waals surface area contributed by atoms with Gasteiger partial charge in [-0.15, -0.1) is 0 Å². The Hall–Kier alpha value is -1.49. The number of carbonyl (C=O) groups is 2. The van der Waals surface area contributed by atoms with E-state index in [9.17, 15) is 9.59 Å². The molecule has 0 saturated carbocycles. The summed E-state index contributed by atoms with van der Waals surface area (Å²) in [5.74, 6) is -0.355. The van der Waals surface area contributed by atoms with Crippen LogP contribution in [0.4, 0.5) is 4.79 Å². The van der Waals surface area contributed by atoms with Gasteiger partial charge in [0.1, 0.15) is 0 Å². The van der Waals surface area contributed by atoms with Crippen LogP contribution in [0.2, 0.25) is 0 Å². The second-order valence-corrected chi connectivity index (χ2v) is 4.33. The van der Waals surface area contributed by atoms with Crippen LogP contribution in [0.25, 0.3) is 0 Å². The maximum Gasteiger partial charge on any atom is 0.304 e. The summed E-state index contributed by atoms with van der Waals surface area (Å²) in [6.07, 6.45) is -0.528. The third-order valence-electron chi connectivity index (χ3n) is 2.80. The maximum atomic E-state index is 11.2. The van der Waals surface area contributed by atoms with E-state index in [0.717, 1.165) is 5.56 Å². The molecule has 2 atom stereocenters. The molecular formula is C12H13NO3S. The third-order valence-corrected chi connectivity index (χ3v) is 3.06. The zero-order chi connectivity index (χ0) is 12.4. The zero-order valence-electron chi connectivity index (χ0n) is 9.37. The van der Waals surface area contributed by atoms with Gasteiger partial charge < -0.3 is 4.74 Å². The minimum Gasteiger partial charge on any atom is -0.441 e. The zero-order valence-corrected chi connectivity index (χ0v) is 10.3. The number of likely N-dealkylation sites (tertiary alicyclic amines) is 1. The molecule has 1 heterocycles. The predicted molar refractivity (Wildman–Crippen MR) is 65.8 cm³/mol. The van der Waals surface area contributed by atoms with Crippen molar-refractivity contribution >= 4 is 23.8 Å². The number of thiol groups is 1. The molecule has 1 saturated heterocycles. The molecule has 1 aromatic rings. The first-order valence-electron chi connectivity index (χ1n) is 5.31. The summed E-state index contributed by atoms with van der Waals surface area (Å²) in [4.78, 5) is 23.6. The fourth-order valence-corrected chi connectivity index (χ4v) is 2.15. The number of ether oxygens (including phenoxy) is 1. The van der Waals surface area contributed by atoms with E-state index in [2.05, 4.69) is 12.6 Å². The molecule has 0 spiro atoms. The van der Waals surface area contributed by atoms with Gasteiger partial charge in [-0.25, -0.2) is 0 Å². The van der Waals surface area contributed by atoms with Crippen LogP contribution in [-0.4, -0.2) is 28.9 Å². The summed E-state index contributed by atoms with van der Waals surface area (Å²) in [5, 5.41) is -0.372. The number of nitrogens with zero attached hydrogens (tertiary/aromatic N) is 1. The van der Waals surface area contributed by atoms with Gasteiger partial charge in [-0.2, -0.15) is 0 Å². The van der Waals surface area contributed by atoms with Crippen molar-refractivity contribution in [1.29, 1.82) is 0 Å². The van der Waals surface area contributed by atoms with Crippen molar-refractivity contribution in [2.45, 2.75) is 19.1 Å². The van der Waals surface area contributed by atoms with Crippen molar-refractivity contribution in [1.82, 2.24) is 4.90 Å². The Morgan fingerprint density at radius 2 is 2.00 bits per heavy atom. The molecule has 0 aliphatic carbocycles. The second-order valence-electron chi connectivity index (χ2n) is 3.95. The molecule has 1 aliphatic rings. The van der Waals surface area contributed by atoms with Crippen molar-refractivity contribution in [3.63, 3.8) is 0 Å². The molecule has 0 bridgehead atoms. The number of carbonyl (C=O) groups excluding carboxylic acids is 2. The van der Waals surface area contributed by atoms with Crippen molar-refractivity contribution < 1.29 is 14.3 Å². The fraction of sp³-hybridized carbons (Fsp3) is 0.333. The molecule has 0 radical (unpaired) electrons. The Kier molecular flexibility index (Phi) is 3.38. The number of amides is 1.